The van der Waals surface area contributed by atoms with E-state index in [-0.39, 0.29) is 10.8 Å². The maximum atomic E-state index is 12.3. The van der Waals surface area contributed by atoms with Gasteiger partial charge in [0.2, 0.25) is 10.0 Å². The summed E-state index contributed by atoms with van der Waals surface area (Å²) in [6.07, 6.45) is 0. The van der Waals surface area contributed by atoms with E-state index in [0.29, 0.717) is 24.9 Å². The molecule has 0 aromatic heterocycles. The summed E-state index contributed by atoms with van der Waals surface area (Å²) >= 11 is 0. The minimum atomic E-state index is -3.80. The van der Waals surface area contributed by atoms with Crippen LogP contribution in [-0.2, 0) is 24.3 Å². The number of nitrogens with one attached hydrogen (secondary N) is 1. The molecule has 1 amide bonds. The molecular weight excluding hydrogens is 368 g/mol. The first kappa shape index (κ1) is 23.1. The third-order valence-corrected chi connectivity index (χ3v) is 5.04. The van der Waals surface area contributed by atoms with Gasteiger partial charge in [0.25, 0.3) is 5.91 Å². The van der Waals surface area contributed by atoms with Crippen LogP contribution in [0.25, 0.3) is 0 Å². The fourth-order valence-corrected chi connectivity index (χ4v) is 3.37. The van der Waals surface area contributed by atoms with E-state index in [9.17, 15) is 18.0 Å². The summed E-state index contributed by atoms with van der Waals surface area (Å²) in [6, 6.07) is 6.26. The second-order valence-electron chi connectivity index (χ2n) is 7.38. The van der Waals surface area contributed by atoms with Crippen molar-refractivity contribution in [2.75, 3.05) is 26.2 Å². The lowest BCUT2D eigenvalue weighted by Gasteiger charge is -2.26. The number of carbonyl (C=O) groups excluding carboxylic acids is 2. The van der Waals surface area contributed by atoms with Crippen LogP contribution in [0.2, 0.25) is 0 Å². The molecule has 1 rings (SSSR count). The summed E-state index contributed by atoms with van der Waals surface area (Å²) in [5.74, 6) is -0.491. The van der Waals surface area contributed by atoms with Crippen molar-refractivity contribution < 1.29 is 22.7 Å². The third-order valence-electron chi connectivity index (χ3n) is 3.62. The number of hydrogen-bond acceptors (Lipinski definition) is 5. The lowest BCUT2D eigenvalue weighted by Crippen LogP contribution is -2.40. The average Bonchev–Trinajstić information content (AvgIpc) is 2.57. The molecule has 1 aromatic rings. The first-order valence-corrected chi connectivity index (χ1v) is 10.5. The Labute approximate surface area is 162 Å². The molecule has 1 aromatic carbocycles. The SMILES string of the molecule is Cc1ccc(S(=O)(=O)NCC(=O)OCC(=O)N(CC(C)C)CC(C)C)cc1. The Morgan fingerprint density at radius 1 is 1.04 bits per heavy atom. The number of esters is 1. The maximum absolute atomic E-state index is 12.3. The summed E-state index contributed by atoms with van der Waals surface area (Å²) < 4.78 is 31.4. The predicted molar refractivity (Wildman–Crippen MR) is 104 cm³/mol. The van der Waals surface area contributed by atoms with Gasteiger partial charge in [0.1, 0.15) is 6.54 Å². The Morgan fingerprint density at radius 3 is 2.04 bits per heavy atom. The molecule has 0 aliphatic rings. The van der Waals surface area contributed by atoms with Crippen LogP contribution < -0.4 is 4.72 Å². The standard InChI is InChI=1S/C19H30N2O5S/c1-14(2)11-21(12-15(3)4)18(22)13-26-19(23)10-20-27(24,25)17-8-6-16(5)7-9-17/h6-9,14-15,20H,10-13H2,1-5H3. The van der Waals surface area contributed by atoms with Gasteiger partial charge >= 0.3 is 5.97 Å². The van der Waals surface area contributed by atoms with Crippen molar-refractivity contribution in [3.63, 3.8) is 0 Å². The highest BCUT2D eigenvalue weighted by Gasteiger charge is 2.19. The van der Waals surface area contributed by atoms with Crippen molar-refractivity contribution in [3.05, 3.63) is 29.8 Å². The van der Waals surface area contributed by atoms with Crippen molar-refractivity contribution >= 4 is 21.9 Å². The molecule has 0 fully saturated rings. The monoisotopic (exact) mass is 398 g/mol. The predicted octanol–water partition coefficient (Wildman–Crippen LogP) is 1.96. The normalized spacial score (nSPS) is 11.7. The van der Waals surface area contributed by atoms with Gasteiger partial charge in [0, 0.05) is 13.1 Å². The van der Waals surface area contributed by atoms with E-state index in [4.69, 9.17) is 4.74 Å². The van der Waals surface area contributed by atoms with E-state index in [1.54, 1.807) is 17.0 Å². The minimum Gasteiger partial charge on any atom is -0.455 e. The molecule has 7 nitrogen and oxygen atoms in total. The fourth-order valence-electron chi connectivity index (χ4n) is 2.40. The zero-order valence-electron chi connectivity index (χ0n) is 16.7. The molecule has 0 unspecified atom stereocenters. The number of aryl methyl sites for hydroxylation is 1. The zero-order chi connectivity index (χ0) is 20.6. The molecule has 0 spiro atoms. The summed E-state index contributed by atoms with van der Waals surface area (Å²) in [4.78, 5) is 25.8. The number of benzene rings is 1. The van der Waals surface area contributed by atoms with Gasteiger partial charge in [0.15, 0.2) is 6.61 Å². The van der Waals surface area contributed by atoms with E-state index < -0.39 is 29.1 Å². The summed E-state index contributed by atoms with van der Waals surface area (Å²) in [6.45, 7) is 10.1. The van der Waals surface area contributed by atoms with Crippen molar-refractivity contribution in [1.82, 2.24) is 9.62 Å². The van der Waals surface area contributed by atoms with Crippen LogP contribution in [0.5, 0.6) is 0 Å². The summed E-state index contributed by atoms with van der Waals surface area (Å²) in [5.41, 5.74) is 0.930. The van der Waals surface area contributed by atoms with Crippen molar-refractivity contribution in [2.24, 2.45) is 11.8 Å². The quantitative estimate of drug-likeness (QED) is 0.608. The summed E-state index contributed by atoms with van der Waals surface area (Å²) in [5, 5.41) is 0. The van der Waals surface area contributed by atoms with Crippen LogP contribution >= 0.6 is 0 Å². The maximum Gasteiger partial charge on any atom is 0.321 e. The van der Waals surface area contributed by atoms with Gasteiger partial charge in [-0.05, 0) is 30.9 Å². The van der Waals surface area contributed by atoms with Gasteiger partial charge < -0.3 is 9.64 Å². The van der Waals surface area contributed by atoms with Gasteiger partial charge in [-0.1, -0.05) is 45.4 Å². The number of nitrogens with zero attached hydrogens (tertiary/aromatic N) is 1. The first-order chi connectivity index (χ1) is 12.5. The number of hydrogen-bond donors (Lipinski definition) is 1. The van der Waals surface area contributed by atoms with E-state index in [0.717, 1.165) is 5.56 Å². The minimum absolute atomic E-state index is 0.0667. The number of rotatable bonds is 10. The molecule has 0 radical (unpaired) electrons. The average molecular weight is 399 g/mol. The van der Waals surface area contributed by atoms with Crippen LogP contribution in [0.15, 0.2) is 29.2 Å². The largest absolute Gasteiger partial charge is 0.455 e. The first-order valence-electron chi connectivity index (χ1n) is 9.01. The Morgan fingerprint density at radius 2 is 1.56 bits per heavy atom. The lowest BCUT2D eigenvalue weighted by atomic mass is 10.1. The van der Waals surface area contributed by atoms with Crippen LogP contribution in [0.1, 0.15) is 33.3 Å². The van der Waals surface area contributed by atoms with Crippen LogP contribution in [-0.4, -0.2) is 51.4 Å². The second kappa shape index (κ2) is 10.4. The number of sulfonamides is 1. The fraction of sp³-hybridized carbons (Fsp3) is 0.579. The van der Waals surface area contributed by atoms with E-state index in [2.05, 4.69) is 4.72 Å². The number of ether oxygens (including phenoxy) is 1. The van der Waals surface area contributed by atoms with Gasteiger partial charge in [-0.2, -0.15) is 4.72 Å². The molecule has 0 atom stereocenters. The van der Waals surface area contributed by atoms with Crippen LogP contribution in [0.4, 0.5) is 0 Å². The van der Waals surface area contributed by atoms with Crippen molar-refractivity contribution in [2.45, 2.75) is 39.5 Å². The molecule has 0 aliphatic carbocycles. The summed E-state index contributed by atoms with van der Waals surface area (Å²) in [7, 11) is -3.80. The molecule has 27 heavy (non-hydrogen) atoms. The number of carbonyl (C=O) groups is 2. The molecule has 8 heteroatoms. The van der Waals surface area contributed by atoms with Crippen LogP contribution in [0, 0.1) is 18.8 Å². The van der Waals surface area contributed by atoms with E-state index in [1.165, 1.54) is 12.1 Å². The second-order valence-corrected chi connectivity index (χ2v) is 9.15. The molecule has 0 saturated heterocycles. The van der Waals surface area contributed by atoms with Gasteiger partial charge in [-0.15, -0.1) is 0 Å². The molecule has 0 aliphatic heterocycles. The molecule has 0 saturated carbocycles. The Bertz CT molecular complexity index is 717. The smallest absolute Gasteiger partial charge is 0.321 e. The Kier molecular flexibility index (Phi) is 8.92. The molecule has 1 N–H and O–H groups in total. The third kappa shape index (κ3) is 8.53. The van der Waals surface area contributed by atoms with Gasteiger partial charge in [-0.3, -0.25) is 9.59 Å². The van der Waals surface area contributed by atoms with Crippen molar-refractivity contribution in [3.8, 4) is 0 Å². The molecule has 0 heterocycles. The lowest BCUT2D eigenvalue weighted by molar-refractivity contribution is -0.151. The highest BCUT2D eigenvalue weighted by molar-refractivity contribution is 7.89. The van der Waals surface area contributed by atoms with Crippen molar-refractivity contribution in [1.29, 1.82) is 0 Å². The van der Waals surface area contributed by atoms with Crippen LogP contribution in [0.3, 0.4) is 0 Å². The van der Waals surface area contributed by atoms with E-state index in [1.807, 2.05) is 34.6 Å². The highest BCUT2D eigenvalue weighted by Crippen LogP contribution is 2.09. The highest BCUT2D eigenvalue weighted by atomic mass is 32.2. The van der Waals surface area contributed by atoms with Gasteiger partial charge in [0.05, 0.1) is 4.90 Å². The topological polar surface area (TPSA) is 92.8 Å². The Balaban J connectivity index is 2.53. The molecule has 0 bridgehead atoms. The van der Waals surface area contributed by atoms with Gasteiger partial charge in [-0.25, -0.2) is 8.42 Å². The molecular formula is C19H30N2O5S. The van der Waals surface area contributed by atoms with E-state index >= 15 is 0 Å². The zero-order valence-corrected chi connectivity index (χ0v) is 17.5. The Hall–Kier alpha value is -1.93. The molecule has 152 valence electrons. The number of amides is 1.